The highest BCUT2D eigenvalue weighted by molar-refractivity contribution is 6.04. The first-order chi connectivity index (χ1) is 13.8. The van der Waals surface area contributed by atoms with Crippen molar-refractivity contribution in [2.24, 2.45) is 5.10 Å². The Morgan fingerprint density at radius 3 is 2.45 bits per heavy atom. The fourth-order valence-corrected chi connectivity index (χ4v) is 3.09. The van der Waals surface area contributed by atoms with Gasteiger partial charge in [-0.3, -0.25) is 9.69 Å². The average Bonchev–Trinajstić information content (AvgIpc) is 2.76. The Morgan fingerprint density at radius 1 is 1.00 bits per heavy atom. The number of halogens is 1. The third-order valence-corrected chi connectivity index (χ3v) is 4.64. The molecule has 0 aliphatic carbocycles. The number of benzene rings is 2. The Kier molecular flexibility index (Phi) is 7.46. The van der Waals surface area contributed by atoms with Gasteiger partial charge in [-0.15, -0.1) is 17.5 Å². The molecule has 2 aromatic carbocycles. The predicted octanol–water partition coefficient (Wildman–Crippen LogP) is 2.54. The number of amides is 1. The van der Waals surface area contributed by atoms with Gasteiger partial charge in [0.05, 0.1) is 18.9 Å². The van der Waals surface area contributed by atoms with Gasteiger partial charge in [0.1, 0.15) is 12.4 Å². The first kappa shape index (κ1) is 21.1. The Balaban J connectivity index is 0.00000240. The van der Waals surface area contributed by atoms with Gasteiger partial charge in [-0.2, -0.15) is 5.01 Å². The zero-order valence-electron chi connectivity index (χ0n) is 16.0. The van der Waals surface area contributed by atoms with Crippen molar-refractivity contribution in [3.05, 3.63) is 60.2 Å². The second-order valence-corrected chi connectivity index (χ2v) is 6.56. The van der Waals surface area contributed by atoms with Gasteiger partial charge >= 0.3 is 0 Å². The molecule has 0 atom stereocenters. The van der Waals surface area contributed by atoms with Gasteiger partial charge in [0, 0.05) is 25.2 Å². The van der Waals surface area contributed by atoms with Gasteiger partial charge in [-0.05, 0) is 36.4 Å². The van der Waals surface area contributed by atoms with E-state index >= 15 is 0 Å². The van der Waals surface area contributed by atoms with Crippen molar-refractivity contribution >= 4 is 29.9 Å². The maximum absolute atomic E-state index is 12.3. The molecule has 0 N–H and O–H groups in total. The monoisotopic (exact) mass is 417 g/mol. The molecule has 0 bridgehead atoms. The van der Waals surface area contributed by atoms with Crippen LogP contribution in [0.4, 0.5) is 5.69 Å². The summed E-state index contributed by atoms with van der Waals surface area (Å²) in [6.07, 6.45) is 0. The van der Waals surface area contributed by atoms with Gasteiger partial charge in [-0.25, -0.2) is 0 Å². The number of ether oxygens (including phenoxy) is 3. The third kappa shape index (κ3) is 5.47. The summed E-state index contributed by atoms with van der Waals surface area (Å²) >= 11 is 0. The third-order valence-electron chi connectivity index (χ3n) is 4.64. The molecule has 1 amide bonds. The molecule has 4 rings (SSSR count). The molecular weight excluding hydrogens is 394 g/mol. The van der Waals surface area contributed by atoms with Crippen LogP contribution >= 0.6 is 12.4 Å². The minimum atomic E-state index is -0.208. The Hall–Kier alpha value is -2.61. The highest BCUT2D eigenvalue weighted by Gasteiger charge is 2.24. The molecular formula is C21H24ClN3O4. The van der Waals surface area contributed by atoms with Crippen LogP contribution in [0.3, 0.4) is 0 Å². The lowest BCUT2D eigenvalue weighted by atomic mass is 10.2. The zero-order chi connectivity index (χ0) is 19.2. The van der Waals surface area contributed by atoms with Crippen molar-refractivity contribution < 1.29 is 19.0 Å². The lowest BCUT2D eigenvalue weighted by Crippen LogP contribution is -2.38. The Morgan fingerprint density at radius 2 is 1.72 bits per heavy atom. The number of rotatable bonds is 6. The van der Waals surface area contributed by atoms with E-state index in [0.717, 1.165) is 44.2 Å². The summed E-state index contributed by atoms with van der Waals surface area (Å²) in [5, 5.41) is 5.75. The quantitative estimate of drug-likeness (QED) is 0.722. The van der Waals surface area contributed by atoms with Gasteiger partial charge < -0.3 is 14.2 Å². The summed E-state index contributed by atoms with van der Waals surface area (Å²) in [6, 6.07) is 16.9. The molecule has 1 fully saturated rings. The zero-order valence-corrected chi connectivity index (χ0v) is 16.8. The average molecular weight is 418 g/mol. The van der Waals surface area contributed by atoms with Crippen molar-refractivity contribution in [1.82, 2.24) is 4.90 Å². The van der Waals surface area contributed by atoms with E-state index in [1.54, 1.807) is 0 Å². The van der Waals surface area contributed by atoms with E-state index in [0.29, 0.717) is 18.2 Å². The van der Waals surface area contributed by atoms with Gasteiger partial charge in [0.2, 0.25) is 5.90 Å². The summed E-state index contributed by atoms with van der Waals surface area (Å²) in [4.78, 5) is 14.6. The van der Waals surface area contributed by atoms with Crippen LogP contribution in [0.15, 0.2) is 59.7 Å². The number of carbonyl (C=O) groups excluding carboxylic acids is 1. The largest absolute Gasteiger partial charge is 0.492 e. The smallest absolute Gasteiger partial charge is 0.285 e. The van der Waals surface area contributed by atoms with E-state index in [2.05, 4.69) is 10.0 Å². The van der Waals surface area contributed by atoms with Crippen LogP contribution in [0.25, 0.3) is 0 Å². The molecule has 2 aliphatic rings. The minimum absolute atomic E-state index is 0. The first-order valence-corrected chi connectivity index (χ1v) is 9.42. The summed E-state index contributed by atoms with van der Waals surface area (Å²) in [5.74, 6) is 0.997. The summed E-state index contributed by atoms with van der Waals surface area (Å²) in [7, 11) is 0. The van der Waals surface area contributed by atoms with Crippen LogP contribution in [0, 0.1) is 0 Å². The van der Waals surface area contributed by atoms with E-state index in [1.165, 1.54) is 5.01 Å². The molecule has 154 valence electrons. The number of hydrazone groups is 1. The topological polar surface area (TPSA) is 63.6 Å². The molecule has 7 nitrogen and oxygen atoms in total. The summed E-state index contributed by atoms with van der Waals surface area (Å²) in [5.41, 5.74) is 1.52. The van der Waals surface area contributed by atoms with Crippen LogP contribution in [-0.4, -0.2) is 62.8 Å². The number of hydrogen-bond donors (Lipinski definition) is 0. The molecule has 0 unspecified atom stereocenters. The number of morpholine rings is 1. The normalized spacial score (nSPS) is 17.2. The van der Waals surface area contributed by atoms with Gasteiger partial charge in [0.15, 0.2) is 6.61 Å². The molecule has 29 heavy (non-hydrogen) atoms. The van der Waals surface area contributed by atoms with E-state index in [4.69, 9.17) is 14.2 Å². The van der Waals surface area contributed by atoms with Gasteiger partial charge in [0.25, 0.3) is 5.91 Å². The number of carbonyl (C=O) groups is 1. The summed E-state index contributed by atoms with van der Waals surface area (Å²) < 4.78 is 16.7. The highest BCUT2D eigenvalue weighted by Crippen LogP contribution is 2.22. The standard InChI is InChI=1S/C21H23N3O4.ClH/c25-20-16-28-21(17-4-2-1-3-5-17)22-24(20)18-6-8-19(9-7-18)27-15-12-23-10-13-26-14-11-23;/h1-9H,10-16H2;1H. The van der Waals surface area contributed by atoms with Crippen molar-refractivity contribution in [1.29, 1.82) is 0 Å². The second kappa shape index (κ2) is 10.2. The molecule has 8 heteroatoms. The van der Waals surface area contributed by atoms with Crippen LogP contribution in [0.5, 0.6) is 5.75 Å². The van der Waals surface area contributed by atoms with Crippen LogP contribution in [-0.2, 0) is 14.3 Å². The van der Waals surface area contributed by atoms with Crippen LogP contribution < -0.4 is 9.75 Å². The molecule has 2 aliphatic heterocycles. The summed E-state index contributed by atoms with van der Waals surface area (Å²) in [6.45, 7) is 4.92. The van der Waals surface area contributed by atoms with Gasteiger partial charge in [-0.1, -0.05) is 18.2 Å². The number of hydrogen-bond acceptors (Lipinski definition) is 6. The molecule has 0 spiro atoms. The van der Waals surface area contributed by atoms with E-state index < -0.39 is 0 Å². The minimum Gasteiger partial charge on any atom is -0.492 e. The second-order valence-electron chi connectivity index (χ2n) is 6.56. The fourth-order valence-electron chi connectivity index (χ4n) is 3.09. The molecule has 1 saturated heterocycles. The molecule has 0 radical (unpaired) electrons. The van der Waals surface area contributed by atoms with Crippen LogP contribution in [0.1, 0.15) is 5.56 Å². The van der Waals surface area contributed by atoms with E-state index in [9.17, 15) is 4.79 Å². The highest BCUT2D eigenvalue weighted by atomic mass is 35.5. The predicted molar refractivity (Wildman–Crippen MR) is 113 cm³/mol. The number of nitrogens with zero attached hydrogens (tertiary/aromatic N) is 3. The molecule has 0 aromatic heterocycles. The Bertz CT molecular complexity index is 824. The molecule has 2 heterocycles. The van der Waals surface area contributed by atoms with Crippen molar-refractivity contribution in [3.8, 4) is 5.75 Å². The maximum Gasteiger partial charge on any atom is 0.285 e. The SMILES string of the molecule is Cl.O=C1COC(c2ccccc2)=NN1c1ccc(OCCN2CCOCC2)cc1. The fraction of sp³-hybridized carbons (Fsp3) is 0.333. The van der Waals surface area contributed by atoms with Crippen LogP contribution in [0.2, 0.25) is 0 Å². The van der Waals surface area contributed by atoms with E-state index in [-0.39, 0.29) is 24.9 Å². The van der Waals surface area contributed by atoms with Crippen molar-refractivity contribution in [2.45, 2.75) is 0 Å². The number of anilines is 1. The van der Waals surface area contributed by atoms with Crippen molar-refractivity contribution in [2.75, 3.05) is 51.1 Å². The lowest BCUT2D eigenvalue weighted by molar-refractivity contribution is -0.121. The first-order valence-electron chi connectivity index (χ1n) is 9.42. The molecule has 0 saturated carbocycles. The lowest BCUT2D eigenvalue weighted by Gasteiger charge is -2.26. The maximum atomic E-state index is 12.3. The van der Waals surface area contributed by atoms with Crippen molar-refractivity contribution in [3.63, 3.8) is 0 Å². The van der Waals surface area contributed by atoms with E-state index in [1.807, 2.05) is 54.6 Å². The Labute approximate surface area is 176 Å². The molecule has 2 aromatic rings.